The molecule has 0 fully saturated rings. The van der Waals surface area contributed by atoms with E-state index in [-0.39, 0.29) is 15.7 Å². The molecule has 0 aliphatic rings. The summed E-state index contributed by atoms with van der Waals surface area (Å²) in [6, 6.07) is 3.96. The van der Waals surface area contributed by atoms with E-state index in [0.717, 1.165) is 0 Å². The van der Waals surface area contributed by atoms with Crippen LogP contribution in [0, 0.1) is 5.82 Å². The third kappa shape index (κ3) is 2.00. The van der Waals surface area contributed by atoms with Crippen LogP contribution in [0.25, 0.3) is 5.69 Å². The zero-order valence-electron chi connectivity index (χ0n) is 8.58. The van der Waals surface area contributed by atoms with E-state index in [1.165, 1.54) is 18.2 Å². The molecule has 0 radical (unpaired) electrons. The monoisotopic (exact) mass is 290 g/mol. The number of nitrogens with zero attached hydrogens (tertiary/aromatic N) is 1. The largest absolute Gasteiger partial charge is 0.492 e. The van der Waals surface area contributed by atoms with Gasteiger partial charge in [-0.3, -0.25) is 9.78 Å². The zero-order chi connectivity index (χ0) is 13.4. The number of hydrogen-bond acceptors (Lipinski definition) is 3. The Hall–Kier alpha value is -1.79. The molecule has 0 amide bonds. The van der Waals surface area contributed by atoms with Gasteiger partial charge in [0.2, 0.25) is 11.7 Å². The smallest absolute Gasteiger partial charge is 0.335 e. The van der Waals surface area contributed by atoms with Gasteiger partial charge < -0.3 is 5.11 Å². The second-order valence-electron chi connectivity index (χ2n) is 3.33. The van der Waals surface area contributed by atoms with Crippen LogP contribution < -0.4 is 11.2 Å². The first-order chi connectivity index (χ1) is 8.41. The molecule has 0 saturated carbocycles. The summed E-state index contributed by atoms with van der Waals surface area (Å²) in [5.41, 5.74) is -2.21. The summed E-state index contributed by atoms with van der Waals surface area (Å²) in [6.07, 6.45) is 0. The predicted molar refractivity (Wildman–Crippen MR) is 64.3 cm³/mol. The molecule has 18 heavy (non-hydrogen) atoms. The lowest BCUT2D eigenvalue weighted by atomic mass is 10.3. The molecule has 2 aromatic rings. The maximum absolute atomic E-state index is 13.2. The minimum Gasteiger partial charge on any atom is -0.492 e. The van der Waals surface area contributed by atoms with Crippen LogP contribution in [0.5, 0.6) is 5.88 Å². The van der Waals surface area contributed by atoms with Crippen molar-refractivity contribution >= 4 is 23.2 Å². The lowest BCUT2D eigenvalue weighted by molar-refractivity contribution is 0.386. The first-order valence-corrected chi connectivity index (χ1v) is 5.36. The summed E-state index contributed by atoms with van der Waals surface area (Å²) in [5, 5.41) is 9.82. The van der Waals surface area contributed by atoms with Crippen LogP contribution in [0.15, 0.2) is 27.8 Å². The maximum Gasteiger partial charge on any atom is 0.335 e. The molecule has 94 valence electrons. The Labute approximate surface area is 109 Å². The van der Waals surface area contributed by atoms with Gasteiger partial charge in [-0.25, -0.2) is 9.36 Å². The molecule has 5 nitrogen and oxygen atoms in total. The molecule has 0 bridgehead atoms. The molecule has 1 aromatic carbocycles. The van der Waals surface area contributed by atoms with Gasteiger partial charge in [-0.2, -0.15) is 4.39 Å². The van der Waals surface area contributed by atoms with Gasteiger partial charge in [-0.1, -0.05) is 23.2 Å². The fourth-order valence-electron chi connectivity index (χ4n) is 1.37. The first kappa shape index (κ1) is 12.7. The van der Waals surface area contributed by atoms with Crippen molar-refractivity contribution in [3.05, 3.63) is 54.9 Å². The van der Waals surface area contributed by atoms with Crippen molar-refractivity contribution in [2.45, 2.75) is 0 Å². The topological polar surface area (TPSA) is 75.1 Å². The van der Waals surface area contributed by atoms with Crippen molar-refractivity contribution in [1.82, 2.24) is 9.55 Å². The summed E-state index contributed by atoms with van der Waals surface area (Å²) < 4.78 is 13.8. The van der Waals surface area contributed by atoms with Gasteiger partial charge in [0.05, 0.1) is 15.7 Å². The summed E-state index contributed by atoms with van der Waals surface area (Å²) in [6.45, 7) is 0. The Balaban J connectivity index is 2.79. The van der Waals surface area contributed by atoms with E-state index in [1.807, 2.05) is 0 Å². The van der Waals surface area contributed by atoms with Gasteiger partial charge in [-0.05, 0) is 18.2 Å². The molecule has 1 aromatic heterocycles. The summed E-state index contributed by atoms with van der Waals surface area (Å²) >= 11 is 11.4. The van der Waals surface area contributed by atoms with E-state index in [1.54, 1.807) is 4.98 Å². The number of benzene rings is 1. The van der Waals surface area contributed by atoms with Crippen LogP contribution in [-0.2, 0) is 0 Å². The summed E-state index contributed by atoms with van der Waals surface area (Å²) in [5.74, 6) is -2.55. The number of nitrogens with one attached hydrogen (secondary N) is 1. The van der Waals surface area contributed by atoms with Crippen LogP contribution in [-0.4, -0.2) is 14.7 Å². The number of H-pyrrole nitrogens is 1. The lowest BCUT2D eigenvalue weighted by Gasteiger charge is -2.08. The van der Waals surface area contributed by atoms with Crippen LogP contribution in [0.2, 0.25) is 10.0 Å². The Kier molecular flexibility index (Phi) is 3.14. The minimum absolute atomic E-state index is 0.0713. The van der Waals surface area contributed by atoms with Crippen molar-refractivity contribution in [3.8, 4) is 11.6 Å². The normalized spacial score (nSPS) is 10.6. The first-order valence-electron chi connectivity index (χ1n) is 4.61. The highest BCUT2D eigenvalue weighted by Gasteiger charge is 2.15. The third-order valence-electron chi connectivity index (χ3n) is 2.19. The van der Waals surface area contributed by atoms with E-state index >= 15 is 0 Å². The molecule has 0 atom stereocenters. The molecular weight excluding hydrogens is 286 g/mol. The second-order valence-corrected chi connectivity index (χ2v) is 4.15. The molecule has 8 heteroatoms. The highest BCUT2D eigenvalue weighted by Crippen LogP contribution is 2.25. The van der Waals surface area contributed by atoms with E-state index in [4.69, 9.17) is 23.2 Å². The van der Waals surface area contributed by atoms with Crippen molar-refractivity contribution in [2.24, 2.45) is 0 Å². The highest BCUT2D eigenvalue weighted by molar-refractivity contribution is 6.42. The fraction of sp³-hybridized carbons (Fsp3) is 0. The van der Waals surface area contributed by atoms with Crippen LogP contribution in [0.1, 0.15) is 0 Å². The van der Waals surface area contributed by atoms with Gasteiger partial charge in [0.25, 0.3) is 5.56 Å². The zero-order valence-corrected chi connectivity index (χ0v) is 10.1. The summed E-state index contributed by atoms with van der Waals surface area (Å²) in [4.78, 5) is 24.1. The standard InChI is InChI=1S/C10H5Cl2FN2O3/c11-5-2-1-4(3-6(5)12)15-9(17)7(13)8(16)14-10(15)18/h1-3,17H,(H,14,16,18). The Morgan fingerprint density at radius 2 is 1.89 bits per heavy atom. The fourth-order valence-corrected chi connectivity index (χ4v) is 1.66. The third-order valence-corrected chi connectivity index (χ3v) is 2.93. The maximum atomic E-state index is 13.2. The SMILES string of the molecule is O=c1[nH]c(=O)n(-c2ccc(Cl)c(Cl)c2)c(O)c1F. The van der Waals surface area contributed by atoms with Crippen molar-refractivity contribution in [2.75, 3.05) is 0 Å². The molecule has 1 heterocycles. The quantitative estimate of drug-likeness (QED) is 0.839. The van der Waals surface area contributed by atoms with Crippen LogP contribution in [0.4, 0.5) is 4.39 Å². The van der Waals surface area contributed by atoms with E-state index in [2.05, 4.69) is 0 Å². The van der Waals surface area contributed by atoms with E-state index < -0.39 is 22.9 Å². The predicted octanol–water partition coefficient (Wildman–Crippen LogP) is 1.68. The number of aromatic hydroxyl groups is 1. The molecule has 0 unspecified atom stereocenters. The molecule has 2 rings (SSSR count). The van der Waals surface area contributed by atoms with Crippen molar-refractivity contribution in [3.63, 3.8) is 0 Å². The van der Waals surface area contributed by atoms with E-state index in [0.29, 0.717) is 4.57 Å². The van der Waals surface area contributed by atoms with E-state index in [9.17, 15) is 19.1 Å². The highest BCUT2D eigenvalue weighted by atomic mass is 35.5. The Morgan fingerprint density at radius 3 is 2.50 bits per heavy atom. The summed E-state index contributed by atoms with van der Waals surface area (Å²) in [7, 11) is 0. The molecule has 2 N–H and O–H groups in total. The Bertz CT molecular complexity index is 739. The van der Waals surface area contributed by atoms with Gasteiger partial charge in [0.1, 0.15) is 0 Å². The molecule has 0 aliphatic carbocycles. The number of aromatic nitrogens is 2. The van der Waals surface area contributed by atoms with Gasteiger partial charge in [0.15, 0.2) is 0 Å². The average Bonchev–Trinajstić information content (AvgIpc) is 2.31. The minimum atomic E-state index is -1.46. The van der Waals surface area contributed by atoms with Crippen LogP contribution >= 0.6 is 23.2 Å². The molecule has 0 spiro atoms. The number of halogens is 3. The number of hydrogen-bond donors (Lipinski definition) is 2. The average molecular weight is 291 g/mol. The number of aromatic amines is 1. The molecule has 0 saturated heterocycles. The van der Waals surface area contributed by atoms with Crippen molar-refractivity contribution < 1.29 is 9.50 Å². The second kappa shape index (κ2) is 4.47. The van der Waals surface area contributed by atoms with Gasteiger partial charge >= 0.3 is 5.69 Å². The number of rotatable bonds is 1. The molecule has 0 aliphatic heterocycles. The Morgan fingerprint density at radius 1 is 1.22 bits per heavy atom. The van der Waals surface area contributed by atoms with Gasteiger partial charge in [0, 0.05) is 0 Å². The van der Waals surface area contributed by atoms with Gasteiger partial charge in [-0.15, -0.1) is 0 Å². The molecular formula is C10H5Cl2FN2O3. The van der Waals surface area contributed by atoms with Crippen molar-refractivity contribution in [1.29, 1.82) is 0 Å². The van der Waals surface area contributed by atoms with Crippen LogP contribution in [0.3, 0.4) is 0 Å². The lowest BCUT2D eigenvalue weighted by Crippen LogP contribution is -2.30.